The van der Waals surface area contributed by atoms with Crippen molar-refractivity contribution in [2.24, 2.45) is 0 Å². The number of piperazine rings is 1. The molecule has 0 radical (unpaired) electrons. The molecule has 1 saturated heterocycles. The minimum Gasteiger partial charge on any atom is -0.497 e. The van der Waals surface area contributed by atoms with Crippen molar-refractivity contribution in [2.45, 2.75) is 0 Å². The van der Waals surface area contributed by atoms with Gasteiger partial charge in [-0.3, -0.25) is 4.79 Å². The van der Waals surface area contributed by atoms with Gasteiger partial charge in [-0.1, -0.05) is 12.1 Å². The Labute approximate surface area is 209 Å². The Morgan fingerprint density at radius 1 is 0.833 bits per heavy atom. The molecule has 0 bridgehead atoms. The first kappa shape index (κ1) is 23.4. The van der Waals surface area contributed by atoms with Gasteiger partial charge in [0.05, 0.1) is 31.3 Å². The third-order valence-electron chi connectivity index (χ3n) is 6.39. The first-order valence-electron chi connectivity index (χ1n) is 11.7. The summed E-state index contributed by atoms with van der Waals surface area (Å²) in [5, 5.41) is 4.78. The van der Waals surface area contributed by atoms with Crippen LogP contribution in [0.15, 0.2) is 78.9 Å². The Kier molecular flexibility index (Phi) is 6.58. The molecule has 1 fully saturated rings. The Morgan fingerprint density at radius 2 is 1.44 bits per heavy atom. The predicted molar refractivity (Wildman–Crippen MR) is 137 cm³/mol. The topological polar surface area (TPSA) is 59.8 Å². The summed E-state index contributed by atoms with van der Waals surface area (Å²) in [6, 6.07) is 23.5. The van der Waals surface area contributed by atoms with Crippen LogP contribution in [0.5, 0.6) is 11.5 Å². The van der Waals surface area contributed by atoms with E-state index in [1.54, 1.807) is 35.9 Å². The van der Waals surface area contributed by atoms with E-state index < -0.39 is 0 Å². The molecule has 2 heterocycles. The van der Waals surface area contributed by atoms with E-state index in [1.807, 2.05) is 65.6 Å². The van der Waals surface area contributed by atoms with Gasteiger partial charge in [0, 0.05) is 31.7 Å². The molecule has 1 amide bonds. The van der Waals surface area contributed by atoms with Gasteiger partial charge < -0.3 is 19.3 Å². The van der Waals surface area contributed by atoms with Crippen molar-refractivity contribution >= 4 is 11.6 Å². The maximum Gasteiger partial charge on any atom is 0.272 e. The van der Waals surface area contributed by atoms with E-state index in [1.165, 1.54) is 6.07 Å². The first-order valence-corrected chi connectivity index (χ1v) is 11.7. The highest BCUT2D eigenvalue weighted by Crippen LogP contribution is 2.27. The fourth-order valence-corrected chi connectivity index (χ4v) is 4.38. The second-order valence-electron chi connectivity index (χ2n) is 8.48. The quantitative estimate of drug-likeness (QED) is 0.397. The number of nitrogens with zero attached hydrogens (tertiary/aromatic N) is 4. The normalized spacial score (nSPS) is 13.5. The van der Waals surface area contributed by atoms with Crippen molar-refractivity contribution in [3.63, 3.8) is 0 Å². The van der Waals surface area contributed by atoms with Crippen LogP contribution < -0.4 is 14.4 Å². The summed E-state index contributed by atoms with van der Waals surface area (Å²) in [7, 11) is 3.23. The summed E-state index contributed by atoms with van der Waals surface area (Å²) in [4.78, 5) is 17.5. The van der Waals surface area contributed by atoms with E-state index in [-0.39, 0.29) is 11.7 Å². The third kappa shape index (κ3) is 4.62. The predicted octanol–water partition coefficient (Wildman–Crippen LogP) is 4.66. The van der Waals surface area contributed by atoms with Crippen LogP contribution in [0, 0.1) is 5.82 Å². The molecular formula is C28H27FN4O3. The molecule has 3 aromatic carbocycles. The Bertz CT molecular complexity index is 1340. The second-order valence-corrected chi connectivity index (χ2v) is 8.48. The van der Waals surface area contributed by atoms with Crippen LogP contribution in [-0.4, -0.2) is 61.0 Å². The molecule has 0 saturated carbocycles. The van der Waals surface area contributed by atoms with E-state index in [0.29, 0.717) is 43.3 Å². The molecule has 0 aliphatic carbocycles. The fourth-order valence-electron chi connectivity index (χ4n) is 4.38. The zero-order valence-electron chi connectivity index (χ0n) is 20.2. The highest BCUT2D eigenvalue weighted by atomic mass is 19.1. The number of para-hydroxylation sites is 1. The van der Waals surface area contributed by atoms with E-state index in [2.05, 4.69) is 0 Å². The van der Waals surface area contributed by atoms with Crippen LogP contribution in [0.3, 0.4) is 0 Å². The lowest BCUT2D eigenvalue weighted by molar-refractivity contribution is 0.0737. The molecule has 0 N–H and O–H groups in total. The maximum atomic E-state index is 14.3. The number of anilines is 1. The molecule has 0 spiro atoms. The van der Waals surface area contributed by atoms with Crippen LogP contribution in [-0.2, 0) is 0 Å². The van der Waals surface area contributed by atoms with Gasteiger partial charge in [-0.05, 0) is 66.7 Å². The summed E-state index contributed by atoms with van der Waals surface area (Å²) in [6.45, 7) is 2.07. The van der Waals surface area contributed by atoms with Gasteiger partial charge in [0.2, 0.25) is 0 Å². The van der Waals surface area contributed by atoms with E-state index in [0.717, 1.165) is 22.7 Å². The standard InChI is InChI=1S/C28H27FN4O3/c1-35-22-11-7-20(8-12-22)25-19-27(33(30-25)21-9-13-23(36-2)14-10-21)28(34)32-17-15-31(16-18-32)26-6-4-3-5-24(26)29/h3-14,19H,15-18H2,1-2H3. The molecule has 36 heavy (non-hydrogen) atoms. The van der Waals surface area contributed by atoms with Crippen LogP contribution in [0.4, 0.5) is 10.1 Å². The van der Waals surface area contributed by atoms with Crippen molar-refractivity contribution in [1.82, 2.24) is 14.7 Å². The smallest absolute Gasteiger partial charge is 0.272 e. The van der Waals surface area contributed by atoms with Crippen LogP contribution >= 0.6 is 0 Å². The minimum absolute atomic E-state index is 0.119. The summed E-state index contributed by atoms with van der Waals surface area (Å²) in [5.74, 6) is 1.10. The van der Waals surface area contributed by atoms with Gasteiger partial charge in [-0.2, -0.15) is 5.10 Å². The SMILES string of the molecule is COc1ccc(-c2cc(C(=O)N3CCN(c4ccccc4F)CC3)n(-c3ccc(OC)cc3)n2)cc1. The van der Waals surface area contributed by atoms with Crippen molar-refractivity contribution < 1.29 is 18.7 Å². The summed E-state index contributed by atoms with van der Waals surface area (Å²) in [6.07, 6.45) is 0. The maximum absolute atomic E-state index is 14.3. The van der Waals surface area contributed by atoms with Crippen LogP contribution in [0.2, 0.25) is 0 Å². The largest absolute Gasteiger partial charge is 0.497 e. The number of carbonyl (C=O) groups excluding carboxylic acids is 1. The van der Waals surface area contributed by atoms with Gasteiger partial charge in [0.15, 0.2) is 0 Å². The van der Waals surface area contributed by atoms with E-state index in [4.69, 9.17) is 14.6 Å². The molecular weight excluding hydrogens is 459 g/mol. The highest BCUT2D eigenvalue weighted by molar-refractivity contribution is 5.94. The average molecular weight is 487 g/mol. The molecule has 1 aromatic heterocycles. The number of ether oxygens (including phenoxy) is 2. The summed E-state index contributed by atoms with van der Waals surface area (Å²) < 4.78 is 26.5. The molecule has 4 aromatic rings. The summed E-state index contributed by atoms with van der Waals surface area (Å²) >= 11 is 0. The Morgan fingerprint density at radius 3 is 2.06 bits per heavy atom. The van der Waals surface area contributed by atoms with Gasteiger partial charge in [0.25, 0.3) is 5.91 Å². The zero-order valence-corrected chi connectivity index (χ0v) is 20.2. The Balaban J connectivity index is 1.43. The summed E-state index contributed by atoms with van der Waals surface area (Å²) in [5.41, 5.74) is 3.34. The molecule has 8 heteroatoms. The molecule has 1 aliphatic heterocycles. The number of benzene rings is 3. The lowest BCUT2D eigenvalue weighted by atomic mass is 10.1. The first-order chi connectivity index (χ1) is 17.6. The number of amides is 1. The van der Waals surface area contributed by atoms with Gasteiger partial charge in [-0.25, -0.2) is 9.07 Å². The lowest BCUT2D eigenvalue weighted by Gasteiger charge is -2.36. The number of hydrogen-bond acceptors (Lipinski definition) is 5. The minimum atomic E-state index is -0.251. The molecule has 0 unspecified atom stereocenters. The van der Waals surface area contributed by atoms with Crippen molar-refractivity contribution in [3.05, 3.63) is 90.4 Å². The van der Waals surface area contributed by atoms with E-state index >= 15 is 0 Å². The highest BCUT2D eigenvalue weighted by Gasteiger charge is 2.27. The van der Waals surface area contributed by atoms with E-state index in [9.17, 15) is 9.18 Å². The van der Waals surface area contributed by atoms with Crippen molar-refractivity contribution in [2.75, 3.05) is 45.3 Å². The van der Waals surface area contributed by atoms with Gasteiger partial charge >= 0.3 is 0 Å². The third-order valence-corrected chi connectivity index (χ3v) is 6.39. The fraction of sp³-hybridized carbons (Fsp3) is 0.214. The molecule has 5 rings (SSSR count). The number of aromatic nitrogens is 2. The molecule has 0 atom stereocenters. The molecule has 1 aliphatic rings. The lowest BCUT2D eigenvalue weighted by Crippen LogP contribution is -2.49. The Hall–Kier alpha value is -4.33. The van der Waals surface area contributed by atoms with Crippen molar-refractivity contribution in [3.8, 4) is 28.4 Å². The number of methoxy groups -OCH3 is 2. The molecule has 7 nitrogen and oxygen atoms in total. The zero-order chi connectivity index (χ0) is 25.1. The average Bonchev–Trinajstić information content (AvgIpc) is 3.39. The second kappa shape index (κ2) is 10.1. The number of rotatable bonds is 6. The number of carbonyl (C=O) groups is 1. The number of halogens is 1. The van der Waals surface area contributed by atoms with Crippen molar-refractivity contribution in [1.29, 1.82) is 0 Å². The van der Waals surface area contributed by atoms with Crippen LogP contribution in [0.25, 0.3) is 16.9 Å². The molecule has 184 valence electrons. The van der Waals surface area contributed by atoms with Gasteiger partial charge in [0.1, 0.15) is 23.0 Å². The van der Waals surface area contributed by atoms with Gasteiger partial charge in [-0.15, -0.1) is 0 Å². The van der Waals surface area contributed by atoms with Crippen LogP contribution in [0.1, 0.15) is 10.5 Å². The number of hydrogen-bond donors (Lipinski definition) is 0. The monoisotopic (exact) mass is 486 g/mol.